The van der Waals surface area contributed by atoms with E-state index in [1.54, 1.807) is 27.7 Å². The van der Waals surface area contributed by atoms with Gasteiger partial charge in [0.2, 0.25) is 0 Å². The van der Waals surface area contributed by atoms with Gasteiger partial charge < -0.3 is 4.74 Å². The van der Waals surface area contributed by atoms with Gasteiger partial charge in [0.05, 0.1) is 5.41 Å². The molecule has 14 heavy (non-hydrogen) atoms. The van der Waals surface area contributed by atoms with Crippen molar-refractivity contribution in [3.05, 3.63) is 12.2 Å². The highest BCUT2D eigenvalue weighted by Gasteiger charge is 2.27. The van der Waals surface area contributed by atoms with Crippen LogP contribution in [0.5, 0.6) is 0 Å². The minimum absolute atomic E-state index is 0.0898. The second-order valence-electron chi connectivity index (χ2n) is 4.02. The predicted molar refractivity (Wildman–Crippen MR) is 54.9 cm³/mol. The summed E-state index contributed by atoms with van der Waals surface area (Å²) in [4.78, 5) is 22.5. The zero-order valence-corrected chi connectivity index (χ0v) is 9.35. The van der Waals surface area contributed by atoms with Crippen molar-refractivity contribution in [1.29, 1.82) is 0 Å². The van der Waals surface area contributed by atoms with E-state index in [4.69, 9.17) is 4.74 Å². The second-order valence-corrected chi connectivity index (χ2v) is 4.02. The van der Waals surface area contributed by atoms with Crippen molar-refractivity contribution in [3.63, 3.8) is 0 Å². The van der Waals surface area contributed by atoms with Gasteiger partial charge in [-0.1, -0.05) is 13.5 Å². The molecule has 0 amide bonds. The Balaban J connectivity index is 4.18. The Morgan fingerprint density at radius 3 is 2.21 bits per heavy atom. The van der Waals surface area contributed by atoms with Crippen molar-refractivity contribution < 1.29 is 14.3 Å². The Kier molecular flexibility index (Phi) is 4.54. The van der Waals surface area contributed by atoms with E-state index in [-0.39, 0.29) is 12.4 Å². The summed E-state index contributed by atoms with van der Waals surface area (Å²) >= 11 is 0. The van der Waals surface area contributed by atoms with Gasteiger partial charge in [-0.3, -0.25) is 4.79 Å². The first-order valence-corrected chi connectivity index (χ1v) is 4.67. The van der Waals surface area contributed by atoms with Gasteiger partial charge in [-0.15, -0.1) is 0 Å². The number of ether oxygens (including phenoxy) is 1. The molecule has 0 aliphatic rings. The van der Waals surface area contributed by atoms with E-state index in [0.29, 0.717) is 12.0 Å². The molecule has 0 rings (SSSR count). The summed E-state index contributed by atoms with van der Waals surface area (Å²) in [5.74, 6) is -0.353. The minimum Gasteiger partial charge on any atom is -0.461 e. The lowest BCUT2D eigenvalue weighted by Crippen LogP contribution is -2.30. The maximum atomic E-state index is 11.4. The van der Waals surface area contributed by atoms with Crippen LogP contribution in [-0.4, -0.2) is 18.4 Å². The van der Waals surface area contributed by atoms with Crippen LogP contribution in [0.15, 0.2) is 12.2 Å². The van der Waals surface area contributed by atoms with Crippen molar-refractivity contribution >= 4 is 11.8 Å². The van der Waals surface area contributed by atoms with E-state index in [1.807, 2.05) is 0 Å². The lowest BCUT2D eigenvalue weighted by atomic mass is 9.88. The molecular weight excluding hydrogens is 180 g/mol. The van der Waals surface area contributed by atoms with Gasteiger partial charge in [0.15, 0.2) is 0 Å². The standard InChI is InChI=1S/C11H18O3/c1-6-9(12)11(4,5)7-14-10(13)8(2)3/h2,6-7H2,1,3-5H3. The Hall–Kier alpha value is -1.12. The molecule has 0 aromatic heterocycles. The van der Waals surface area contributed by atoms with Crippen molar-refractivity contribution in [1.82, 2.24) is 0 Å². The predicted octanol–water partition coefficient (Wildman–Crippen LogP) is 2.11. The highest BCUT2D eigenvalue weighted by molar-refractivity contribution is 5.88. The molecule has 0 aliphatic carbocycles. The minimum atomic E-state index is -0.597. The van der Waals surface area contributed by atoms with Gasteiger partial charge in [0.1, 0.15) is 12.4 Å². The average Bonchev–Trinajstić information content (AvgIpc) is 2.12. The Morgan fingerprint density at radius 1 is 1.36 bits per heavy atom. The molecule has 0 bridgehead atoms. The highest BCUT2D eigenvalue weighted by Crippen LogP contribution is 2.19. The molecule has 0 radical (unpaired) electrons. The third-order valence-corrected chi connectivity index (χ3v) is 1.99. The number of hydrogen-bond acceptors (Lipinski definition) is 3. The Morgan fingerprint density at radius 2 is 1.86 bits per heavy atom. The van der Waals surface area contributed by atoms with E-state index in [0.717, 1.165) is 0 Å². The largest absolute Gasteiger partial charge is 0.461 e. The first kappa shape index (κ1) is 12.9. The highest BCUT2D eigenvalue weighted by atomic mass is 16.5. The fourth-order valence-corrected chi connectivity index (χ4v) is 0.928. The molecular formula is C11H18O3. The normalized spacial score (nSPS) is 10.9. The Labute approximate surface area is 85.1 Å². The van der Waals surface area contributed by atoms with Crippen LogP contribution in [0.3, 0.4) is 0 Å². The molecule has 80 valence electrons. The summed E-state index contributed by atoms with van der Waals surface area (Å²) in [5.41, 5.74) is -0.246. The maximum absolute atomic E-state index is 11.4. The van der Waals surface area contributed by atoms with Crippen molar-refractivity contribution in [3.8, 4) is 0 Å². The van der Waals surface area contributed by atoms with Crippen LogP contribution in [-0.2, 0) is 14.3 Å². The monoisotopic (exact) mass is 198 g/mol. The van der Waals surface area contributed by atoms with Gasteiger partial charge in [-0.25, -0.2) is 4.79 Å². The van der Waals surface area contributed by atoms with E-state index >= 15 is 0 Å². The van der Waals surface area contributed by atoms with Crippen molar-refractivity contribution in [2.75, 3.05) is 6.61 Å². The zero-order chi connectivity index (χ0) is 11.4. The van der Waals surface area contributed by atoms with Crippen molar-refractivity contribution in [2.45, 2.75) is 34.1 Å². The van der Waals surface area contributed by atoms with Gasteiger partial charge >= 0.3 is 5.97 Å². The molecule has 0 saturated heterocycles. The van der Waals surface area contributed by atoms with Crippen molar-refractivity contribution in [2.24, 2.45) is 5.41 Å². The fourth-order valence-electron chi connectivity index (χ4n) is 0.928. The lowest BCUT2D eigenvalue weighted by molar-refractivity contribution is -0.145. The molecule has 0 fully saturated rings. The van der Waals surface area contributed by atoms with Gasteiger partial charge in [-0.05, 0) is 20.8 Å². The van der Waals surface area contributed by atoms with Crippen LogP contribution in [0.1, 0.15) is 34.1 Å². The number of carbonyl (C=O) groups excluding carboxylic acids is 2. The molecule has 0 atom stereocenters. The van der Waals surface area contributed by atoms with Crippen LogP contribution in [0.4, 0.5) is 0 Å². The van der Waals surface area contributed by atoms with E-state index < -0.39 is 11.4 Å². The number of carbonyl (C=O) groups is 2. The quantitative estimate of drug-likeness (QED) is 0.502. The Bertz CT molecular complexity index is 251. The second kappa shape index (κ2) is 4.94. The topological polar surface area (TPSA) is 43.4 Å². The van der Waals surface area contributed by atoms with Crippen LogP contribution >= 0.6 is 0 Å². The SMILES string of the molecule is C=C(C)C(=O)OCC(C)(C)C(=O)CC. The number of Topliss-reactive ketones (excluding diaryl/α,β-unsaturated/α-hetero) is 1. The summed E-state index contributed by atoms with van der Waals surface area (Å²) in [6.45, 7) is 10.5. The number of hydrogen-bond donors (Lipinski definition) is 0. The number of ketones is 1. The number of rotatable bonds is 5. The summed E-state index contributed by atoms with van der Waals surface area (Å²) < 4.78 is 4.93. The molecule has 0 heterocycles. The molecule has 0 N–H and O–H groups in total. The van der Waals surface area contributed by atoms with Crippen LogP contribution < -0.4 is 0 Å². The van der Waals surface area contributed by atoms with Crippen LogP contribution in [0.2, 0.25) is 0 Å². The molecule has 3 nitrogen and oxygen atoms in total. The molecule has 0 aromatic rings. The first-order valence-electron chi connectivity index (χ1n) is 4.67. The summed E-state index contributed by atoms with van der Waals surface area (Å²) in [6.07, 6.45) is 0.456. The lowest BCUT2D eigenvalue weighted by Gasteiger charge is -2.21. The molecule has 0 saturated carbocycles. The van der Waals surface area contributed by atoms with Crippen LogP contribution in [0.25, 0.3) is 0 Å². The van der Waals surface area contributed by atoms with E-state index in [9.17, 15) is 9.59 Å². The molecule has 0 aromatic carbocycles. The van der Waals surface area contributed by atoms with E-state index in [2.05, 4.69) is 6.58 Å². The zero-order valence-electron chi connectivity index (χ0n) is 9.35. The van der Waals surface area contributed by atoms with Crippen LogP contribution in [0, 0.1) is 5.41 Å². The summed E-state index contributed by atoms with van der Waals surface area (Å²) in [6, 6.07) is 0. The first-order chi connectivity index (χ1) is 6.31. The average molecular weight is 198 g/mol. The summed E-state index contributed by atoms with van der Waals surface area (Å²) in [5, 5.41) is 0. The smallest absolute Gasteiger partial charge is 0.333 e. The summed E-state index contributed by atoms with van der Waals surface area (Å²) in [7, 11) is 0. The molecule has 0 unspecified atom stereocenters. The van der Waals surface area contributed by atoms with Gasteiger partial charge in [-0.2, -0.15) is 0 Å². The molecule has 3 heteroatoms. The molecule has 0 aliphatic heterocycles. The number of esters is 1. The van der Waals surface area contributed by atoms with Gasteiger partial charge in [0.25, 0.3) is 0 Å². The van der Waals surface area contributed by atoms with Gasteiger partial charge in [0, 0.05) is 12.0 Å². The third-order valence-electron chi connectivity index (χ3n) is 1.99. The van der Waals surface area contributed by atoms with E-state index in [1.165, 1.54) is 0 Å². The maximum Gasteiger partial charge on any atom is 0.333 e. The molecule has 0 spiro atoms. The fraction of sp³-hybridized carbons (Fsp3) is 0.636. The third kappa shape index (κ3) is 3.73.